The average molecular weight is 318 g/mol. The lowest BCUT2D eigenvalue weighted by atomic mass is 10.2. The van der Waals surface area contributed by atoms with E-state index in [4.69, 9.17) is 0 Å². The number of nitrogens with one attached hydrogen (secondary N) is 1. The first-order valence-electron chi connectivity index (χ1n) is 6.18. The highest BCUT2D eigenvalue weighted by Gasteiger charge is 2.31. The maximum atomic E-state index is 12.4. The maximum Gasteiger partial charge on any atom is 0.249 e. The van der Waals surface area contributed by atoms with E-state index < -0.39 is 24.9 Å². The Labute approximate surface area is 119 Å². The minimum atomic E-state index is -3.91. The Morgan fingerprint density at radius 2 is 1.90 bits per heavy atom. The molecule has 8 heteroatoms. The van der Waals surface area contributed by atoms with Gasteiger partial charge in [0, 0.05) is 25.4 Å². The number of hydrogen-bond acceptors (Lipinski definition) is 5. The molecule has 1 heterocycles. The van der Waals surface area contributed by atoms with E-state index >= 15 is 0 Å². The molecule has 0 amide bonds. The van der Waals surface area contributed by atoms with Gasteiger partial charge < -0.3 is 5.32 Å². The minimum Gasteiger partial charge on any atom is -0.308 e. The van der Waals surface area contributed by atoms with Crippen LogP contribution in [0.1, 0.15) is 12.5 Å². The molecule has 1 aliphatic rings. The molecule has 0 fully saturated rings. The lowest BCUT2D eigenvalue weighted by molar-refractivity contribution is 0.556. The molecule has 6 nitrogen and oxygen atoms in total. The second-order valence-corrected chi connectivity index (χ2v) is 9.50. The van der Waals surface area contributed by atoms with Gasteiger partial charge in [-0.1, -0.05) is 18.2 Å². The van der Waals surface area contributed by atoms with Crippen LogP contribution in [0.25, 0.3) is 0 Å². The molecular weight excluding hydrogens is 300 g/mol. The summed E-state index contributed by atoms with van der Waals surface area (Å²) in [5.74, 6) is 0. The number of rotatable bonds is 3. The van der Waals surface area contributed by atoms with Gasteiger partial charge in [-0.05, 0) is 18.6 Å². The van der Waals surface area contributed by atoms with Crippen LogP contribution in [0.5, 0.6) is 0 Å². The van der Waals surface area contributed by atoms with Crippen LogP contribution >= 0.6 is 0 Å². The number of sulfonamides is 1. The van der Waals surface area contributed by atoms with Crippen LogP contribution in [0.4, 0.5) is 5.69 Å². The van der Waals surface area contributed by atoms with Gasteiger partial charge in [-0.3, -0.25) is 4.31 Å². The number of benzene rings is 1. The van der Waals surface area contributed by atoms with Gasteiger partial charge in [0.15, 0.2) is 14.9 Å². The van der Waals surface area contributed by atoms with Crippen molar-refractivity contribution in [3.8, 4) is 0 Å². The van der Waals surface area contributed by atoms with E-state index in [9.17, 15) is 16.8 Å². The highest BCUT2D eigenvalue weighted by atomic mass is 32.3. The van der Waals surface area contributed by atoms with Crippen LogP contribution in [-0.2, 0) is 26.4 Å². The summed E-state index contributed by atoms with van der Waals surface area (Å²) in [6, 6.07) is 7.06. The van der Waals surface area contributed by atoms with Crippen LogP contribution in [-0.4, -0.2) is 40.8 Å². The molecule has 0 aliphatic carbocycles. The van der Waals surface area contributed by atoms with Gasteiger partial charge in [-0.2, -0.15) is 0 Å². The molecular formula is C12H18N2O4S2. The van der Waals surface area contributed by atoms with Crippen molar-refractivity contribution in [3.05, 3.63) is 29.8 Å². The quantitative estimate of drug-likeness (QED) is 0.867. The minimum absolute atomic E-state index is 0.0586. The average Bonchev–Trinajstić information content (AvgIpc) is 2.47. The molecule has 1 aromatic carbocycles. The zero-order valence-corrected chi connectivity index (χ0v) is 13.0. The molecule has 0 saturated carbocycles. The summed E-state index contributed by atoms with van der Waals surface area (Å²) in [5, 5.41) is 2.34. The summed E-state index contributed by atoms with van der Waals surface area (Å²) in [5.41, 5.74) is 1.39. The van der Waals surface area contributed by atoms with E-state index in [-0.39, 0.29) is 12.6 Å². The van der Waals surface area contributed by atoms with Crippen molar-refractivity contribution in [1.29, 1.82) is 0 Å². The van der Waals surface area contributed by atoms with Gasteiger partial charge in [0.1, 0.15) is 0 Å². The first-order chi connectivity index (χ1) is 9.19. The third kappa shape index (κ3) is 3.50. The molecule has 0 bridgehead atoms. The Hall–Kier alpha value is -1.12. The molecule has 0 radical (unpaired) electrons. The fourth-order valence-electron chi connectivity index (χ4n) is 2.20. The number of sulfone groups is 1. The molecule has 0 saturated heterocycles. The summed E-state index contributed by atoms with van der Waals surface area (Å²) >= 11 is 0. The van der Waals surface area contributed by atoms with Crippen LogP contribution < -0.4 is 9.62 Å². The molecule has 2 rings (SSSR count). The number of para-hydroxylation sites is 1. The number of nitrogens with zero attached hydrogens (tertiary/aromatic N) is 1. The Kier molecular flexibility index (Phi) is 4.08. The first-order valence-corrected chi connectivity index (χ1v) is 9.85. The highest BCUT2D eigenvalue weighted by molar-refractivity contribution is 8.08. The predicted octanol–water partition coefficient (Wildman–Crippen LogP) is 0.317. The van der Waals surface area contributed by atoms with Crippen molar-refractivity contribution < 1.29 is 16.8 Å². The summed E-state index contributed by atoms with van der Waals surface area (Å²) < 4.78 is 48.7. The lowest BCUT2D eigenvalue weighted by Crippen LogP contribution is -2.41. The van der Waals surface area contributed by atoms with Crippen molar-refractivity contribution in [2.75, 3.05) is 22.2 Å². The summed E-state index contributed by atoms with van der Waals surface area (Å²) in [7, 11) is -7.52. The third-order valence-electron chi connectivity index (χ3n) is 3.04. The van der Waals surface area contributed by atoms with Crippen LogP contribution in [0.15, 0.2) is 24.3 Å². The molecule has 1 aromatic rings. The van der Waals surface area contributed by atoms with Crippen LogP contribution in [0.2, 0.25) is 0 Å². The molecule has 1 aliphatic heterocycles. The topological polar surface area (TPSA) is 83.6 Å². The van der Waals surface area contributed by atoms with Crippen molar-refractivity contribution in [3.63, 3.8) is 0 Å². The van der Waals surface area contributed by atoms with Crippen LogP contribution in [0, 0.1) is 0 Å². The summed E-state index contributed by atoms with van der Waals surface area (Å²) in [4.78, 5) is 0. The SMILES string of the molecule is CC1CN(S(=O)(=O)CS(C)(=O)=O)c2ccccc2CN1. The Morgan fingerprint density at radius 1 is 1.25 bits per heavy atom. The zero-order valence-electron chi connectivity index (χ0n) is 11.4. The van der Waals surface area contributed by atoms with Crippen LogP contribution in [0.3, 0.4) is 0 Å². The Morgan fingerprint density at radius 3 is 2.55 bits per heavy atom. The number of anilines is 1. The Bertz CT molecular complexity index is 698. The van der Waals surface area contributed by atoms with E-state index in [2.05, 4.69) is 5.32 Å². The molecule has 0 spiro atoms. The van der Waals surface area contributed by atoms with Gasteiger partial charge in [0.25, 0.3) is 0 Å². The predicted molar refractivity (Wildman–Crippen MR) is 78.7 cm³/mol. The van der Waals surface area contributed by atoms with E-state index in [0.29, 0.717) is 12.2 Å². The standard InChI is InChI=1S/C12H18N2O4S2/c1-10-8-14(20(17,18)9-19(2,15)16)12-6-4-3-5-11(12)7-13-10/h3-6,10,13H,7-9H2,1-2H3. The number of hydrogen-bond donors (Lipinski definition) is 1. The zero-order chi connectivity index (χ0) is 15.0. The normalized spacial score (nSPS) is 20.3. The number of fused-ring (bicyclic) bond motifs is 1. The van der Waals surface area contributed by atoms with E-state index in [1.54, 1.807) is 12.1 Å². The second kappa shape index (κ2) is 5.34. The fourth-order valence-corrected chi connectivity index (χ4v) is 5.80. The largest absolute Gasteiger partial charge is 0.308 e. The molecule has 20 heavy (non-hydrogen) atoms. The first kappa shape index (κ1) is 15.3. The van der Waals surface area contributed by atoms with Gasteiger partial charge in [-0.15, -0.1) is 0 Å². The molecule has 1 atom stereocenters. The van der Waals surface area contributed by atoms with E-state index in [1.165, 1.54) is 4.31 Å². The summed E-state index contributed by atoms with van der Waals surface area (Å²) in [6.07, 6.45) is 0.927. The van der Waals surface area contributed by atoms with Crippen molar-refractivity contribution >= 4 is 25.5 Å². The second-order valence-electron chi connectivity index (χ2n) is 5.10. The van der Waals surface area contributed by atoms with Crippen molar-refractivity contribution in [2.45, 2.75) is 19.5 Å². The molecule has 1 unspecified atom stereocenters. The molecule has 112 valence electrons. The Balaban J connectivity index is 2.48. The van der Waals surface area contributed by atoms with Gasteiger partial charge in [-0.25, -0.2) is 16.8 Å². The van der Waals surface area contributed by atoms with Gasteiger partial charge in [0.05, 0.1) is 5.69 Å². The lowest BCUT2D eigenvalue weighted by Gasteiger charge is -2.25. The molecule has 0 aromatic heterocycles. The van der Waals surface area contributed by atoms with Crippen molar-refractivity contribution in [2.24, 2.45) is 0 Å². The van der Waals surface area contributed by atoms with Crippen molar-refractivity contribution in [1.82, 2.24) is 5.32 Å². The molecule has 1 N–H and O–H groups in total. The van der Waals surface area contributed by atoms with E-state index in [0.717, 1.165) is 11.8 Å². The van der Waals surface area contributed by atoms with Gasteiger partial charge >= 0.3 is 0 Å². The fraction of sp³-hybridized carbons (Fsp3) is 0.500. The monoisotopic (exact) mass is 318 g/mol. The highest BCUT2D eigenvalue weighted by Crippen LogP contribution is 2.26. The summed E-state index contributed by atoms with van der Waals surface area (Å²) in [6.45, 7) is 2.64. The van der Waals surface area contributed by atoms with E-state index in [1.807, 2.05) is 19.1 Å². The third-order valence-corrected chi connectivity index (χ3v) is 6.96. The smallest absolute Gasteiger partial charge is 0.249 e. The van der Waals surface area contributed by atoms with Gasteiger partial charge in [0.2, 0.25) is 10.0 Å². The maximum absolute atomic E-state index is 12.4.